The molecule has 0 bridgehead atoms. The molecule has 0 radical (unpaired) electrons. The Morgan fingerprint density at radius 1 is 1.55 bits per heavy atom. The van der Waals surface area contributed by atoms with Crippen molar-refractivity contribution in [3.05, 3.63) is 0 Å². The van der Waals surface area contributed by atoms with Crippen LogP contribution < -0.4 is 0 Å². The van der Waals surface area contributed by atoms with Gasteiger partial charge >= 0.3 is 0 Å². The summed E-state index contributed by atoms with van der Waals surface area (Å²) in [6.07, 6.45) is 6.36. The van der Waals surface area contributed by atoms with Crippen LogP contribution in [0.15, 0.2) is 5.16 Å². The fraction of sp³-hybridized carbons (Fsp3) is 0.750. The van der Waals surface area contributed by atoms with Crippen molar-refractivity contribution in [2.24, 2.45) is 11.1 Å². The number of hydrogen-bond donors (Lipinski definition) is 1. The quantitative estimate of drug-likeness (QED) is 0.382. The predicted octanol–water partition coefficient (Wildman–Crippen LogP) is 1.60. The van der Waals surface area contributed by atoms with Crippen molar-refractivity contribution in [2.45, 2.75) is 32.1 Å². The van der Waals surface area contributed by atoms with Crippen molar-refractivity contribution >= 4 is 12.0 Å². The Hall–Kier alpha value is -0.860. The van der Waals surface area contributed by atoms with Crippen molar-refractivity contribution in [1.29, 1.82) is 0 Å². The summed E-state index contributed by atoms with van der Waals surface area (Å²) >= 11 is 0. The molecule has 3 heteroatoms. The van der Waals surface area contributed by atoms with Gasteiger partial charge in [-0.3, -0.25) is 4.79 Å². The van der Waals surface area contributed by atoms with E-state index in [1.54, 1.807) is 0 Å². The highest BCUT2D eigenvalue weighted by molar-refractivity contribution is 6.27. The van der Waals surface area contributed by atoms with Crippen molar-refractivity contribution < 1.29 is 10.0 Å². The van der Waals surface area contributed by atoms with Crippen LogP contribution in [0.25, 0.3) is 0 Å². The van der Waals surface area contributed by atoms with Crippen LogP contribution >= 0.6 is 0 Å². The highest BCUT2D eigenvalue weighted by atomic mass is 16.4. The molecule has 0 heterocycles. The second-order valence-corrected chi connectivity index (χ2v) is 3.07. The SMILES string of the molecule is O=C(C=NO)CC1CCCC1. The first kappa shape index (κ1) is 8.24. The molecule has 1 rings (SSSR count). The fourth-order valence-corrected chi connectivity index (χ4v) is 1.62. The maximum atomic E-state index is 10.9. The van der Waals surface area contributed by atoms with E-state index in [9.17, 15) is 4.79 Å². The van der Waals surface area contributed by atoms with E-state index >= 15 is 0 Å². The van der Waals surface area contributed by atoms with Gasteiger partial charge in [0.2, 0.25) is 0 Å². The molecule has 1 fully saturated rings. The molecule has 1 aliphatic rings. The molecular weight excluding hydrogens is 142 g/mol. The van der Waals surface area contributed by atoms with Crippen molar-refractivity contribution in [3.63, 3.8) is 0 Å². The Balaban J connectivity index is 2.23. The molecule has 3 nitrogen and oxygen atoms in total. The molecule has 0 aliphatic heterocycles. The third-order valence-corrected chi connectivity index (χ3v) is 2.17. The van der Waals surface area contributed by atoms with Crippen LogP contribution in [0.4, 0.5) is 0 Å². The zero-order valence-electron chi connectivity index (χ0n) is 6.49. The minimum atomic E-state index is -0.0561. The van der Waals surface area contributed by atoms with Crippen LogP contribution in [0, 0.1) is 5.92 Å². The van der Waals surface area contributed by atoms with Crippen molar-refractivity contribution in [2.75, 3.05) is 0 Å². The first-order valence-electron chi connectivity index (χ1n) is 4.03. The normalized spacial score (nSPS) is 19.6. The summed E-state index contributed by atoms with van der Waals surface area (Å²) in [5, 5.41) is 10.8. The standard InChI is InChI=1S/C8H13NO2/c10-8(6-9-11)5-7-3-1-2-4-7/h6-7,11H,1-5H2. The lowest BCUT2D eigenvalue weighted by molar-refractivity contribution is -0.113. The predicted molar refractivity (Wildman–Crippen MR) is 41.9 cm³/mol. The maximum absolute atomic E-state index is 10.9. The van der Waals surface area contributed by atoms with E-state index in [-0.39, 0.29) is 5.78 Å². The first-order chi connectivity index (χ1) is 5.33. The zero-order valence-corrected chi connectivity index (χ0v) is 6.49. The van der Waals surface area contributed by atoms with E-state index in [2.05, 4.69) is 5.16 Å². The summed E-state index contributed by atoms with van der Waals surface area (Å²) in [6.45, 7) is 0. The van der Waals surface area contributed by atoms with Gasteiger partial charge in [-0.05, 0) is 5.92 Å². The molecular formula is C8H13NO2. The molecule has 0 aromatic heterocycles. The molecule has 0 aromatic rings. The third kappa shape index (κ3) is 2.70. The number of ketones is 1. The number of Topliss-reactive ketones (excluding diaryl/α,β-unsaturated/α-hetero) is 1. The Kier molecular flexibility index (Phi) is 3.08. The third-order valence-electron chi connectivity index (χ3n) is 2.17. The number of oxime groups is 1. The van der Waals surface area contributed by atoms with Gasteiger partial charge in [-0.1, -0.05) is 30.8 Å². The molecule has 0 amide bonds. The lowest BCUT2D eigenvalue weighted by atomic mass is 10.0. The summed E-state index contributed by atoms with van der Waals surface area (Å²) < 4.78 is 0. The number of nitrogens with zero attached hydrogens (tertiary/aromatic N) is 1. The number of carbonyl (C=O) groups is 1. The van der Waals surface area contributed by atoms with Crippen LogP contribution in [0.2, 0.25) is 0 Å². The van der Waals surface area contributed by atoms with E-state index in [0.717, 1.165) is 19.1 Å². The molecule has 0 aromatic carbocycles. The Bertz CT molecular complexity index is 159. The van der Waals surface area contributed by atoms with Crippen LogP contribution in [-0.2, 0) is 4.79 Å². The highest BCUT2D eigenvalue weighted by Gasteiger charge is 2.17. The van der Waals surface area contributed by atoms with Gasteiger partial charge in [0.05, 0.1) is 0 Å². The van der Waals surface area contributed by atoms with Crippen LogP contribution in [-0.4, -0.2) is 17.2 Å². The molecule has 0 spiro atoms. The molecule has 0 atom stereocenters. The number of hydrogen-bond acceptors (Lipinski definition) is 3. The van der Waals surface area contributed by atoms with Crippen molar-refractivity contribution in [1.82, 2.24) is 0 Å². The van der Waals surface area contributed by atoms with Gasteiger partial charge in [0, 0.05) is 6.42 Å². The summed E-state index contributed by atoms with van der Waals surface area (Å²) in [6, 6.07) is 0. The molecule has 0 saturated heterocycles. The smallest absolute Gasteiger partial charge is 0.177 e. The van der Waals surface area contributed by atoms with E-state index in [4.69, 9.17) is 5.21 Å². The van der Waals surface area contributed by atoms with Crippen molar-refractivity contribution in [3.8, 4) is 0 Å². The van der Waals surface area contributed by atoms with Gasteiger partial charge < -0.3 is 5.21 Å². The van der Waals surface area contributed by atoms with E-state index in [0.29, 0.717) is 12.3 Å². The minimum absolute atomic E-state index is 0.0561. The zero-order chi connectivity index (χ0) is 8.10. The topological polar surface area (TPSA) is 49.7 Å². The Morgan fingerprint density at radius 2 is 2.18 bits per heavy atom. The minimum Gasteiger partial charge on any atom is -0.411 e. The van der Waals surface area contributed by atoms with Gasteiger partial charge in [-0.15, -0.1) is 0 Å². The first-order valence-corrected chi connectivity index (χ1v) is 4.03. The van der Waals surface area contributed by atoms with Gasteiger partial charge in [-0.25, -0.2) is 0 Å². The largest absolute Gasteiger partial charge is 0.411 e. The van der Waals surface area contributed by atoms with Gasteiger partial charge in [0.25, 0.3) is 0 Å². The van der Waals surface area contributed by atoms with E-state index in [1.165, 1.54) is 12.8 Å². The van der Waals surface area contributed by atoms with Gasteiger partial charge in [0.1, 0.15) is 6.21 Å². The summed E-state index contributed by atoms with van der Waals surface area (Å²) in [7, 11) is 0. The van der Waals surface area contributed by atoms with Crippen LogP contribution in [0.5, 0.6) is 0 Å². The second-order valence-electron chi connectivity index (χ2n) is 3.07. The Labute approximate surface area is 66.1 Å². The Morgan fingerprint density at radius 3 is 2.73 bits per heavy atom. The number of rotatable bonds is 3. The second kappa shape index (κ2) is 4.11. The van der Waals surface area contributed by atoms with E-state index < -0.39 is 0 Å². The monoisotopic (exact) mass is 155 g/mol. The average Bonchev–Trinajstić information content (AvgIpc) is 2.40. The fourth-order valence-electron chi connectivity index (χ4n) is 1.62. The molecule has 1 saturated carbocycles. The van der Waals surface area contributed by atoms with Crippen LogP contribution in [0.3, 0.4) is 0 Å². The molecule has 11 heavy (non-hydrogen) atoms. The summed E-state index contributed by atoms with van der Waals surface area (Å²) in [4.78, 5) is 10.9. The molecule has 1 aliphatic carbocycles. The van der Waals surface area contributed by atoms with Crippen LogP contribution in [0.1, 0.15) is 32.1 Å². The molecule has 62 valence electrons. The van der Waals surface area contributed by atoms with Gasteiger partial charge in [0.15, 0.2) is 5.78 Å². The maximum Gasteiger partial charge on any atom is 0.177 e. The summed E-state index contributed by atoms with van der Waals surface area (Å²) in [5.74, 6) is 0.486. The van der Waals surface area contributed by atoms with E-state index in [1.807, 2.05) is 0 Å². The lowest BCUT2D eigenvalue weighted by Gasteiger charge is -2.02. The molecule has 1 N–H and O–H groups in total. The highest BCUT2D eigenvalue weighted by Crippen LogP contribution is 2.27. The average molecular weight is 155 g/mol. The molecule has 0 unspecified atom stereocenters. The lowest BCUT2D eigenvalue weighted by Crippen LogP contribution is -2.05. The number of carbonyl (C=O) groups excluding carboxylic acids is 1. The summed E-state index contributed by atoms with van der Waals surface area (Å²) in [5.41, 5.74) is 0. The van der Waals surface area contributed by atoms with Gasteiger partial charge in [-0.2, -0.15) is 0 Å².